The van der Waals surface area contributed by atoms with Crippen LogP contribution in [0.25, 0.3) is 16.2 Å². The number of anilines is 1. The number of hydrogen-bond donors (Lipinski definition) is 1. The van der Waals surface area contributed by atoms with E-state index in [0.717, 1.165) is 43.4 Å². The molecule has 35 heavy (non-hydrogen) atoms. The molecule has 1 N–H and O–H groups in total. The van der Waals surface area contributed by atoms with Crippen LogP contribution in [0.15, 0.2) is 47.8 Å². The minimum absolute atomic E-state index is 0.0566. The number of hydrogen-bond acceptors (Lipinski definition) is 6. The van der Waals surface area contributed by atoms with Gasteiger partial charge in [-0.3, -0.25) is 24.6 Å². The molecule has 1 fully saturated rings. The first-order valence-electron chi connectivity index (χ1n) is 11.7. The summed E-state index contributed by atoms with van der Waals surface area (Å²) in [5.74, 6) is -0.820. The molecule has 6 rings (SSSR count). The fraction of sp³-hybridized carbons (Fsp3) is 0.269. The molecule has 0 bridgehead atoms. The molecule has 3 amide bonds. The average Bonchev–Trinajstić information content (AvgIpc) is 3.52. The third kappa shape index (κ3) is 3.72. The van der Waals surface area contributed by atoms with E-state index in [9.17, 15) is 14.4 Å². The van der Waals surface area contributed by atoms with Gasteiger partial charge in [0.2, 0.25) is 4.96 Å². The maximum atomic E-state index is 13.1. The quantitative estimate of drug-likeness (QED) is 0.413. The molecular formula is C26H23N5O3S. The summed E-state index contributed by atoms with van der Waals surface area (Å²) in [5.41, 5.74) is 4.00. The summed E-state index contributed by atoms with van der Waals surface area (Å²) in [7, 11) is 0. The van der Waals surface area contributed by atoms with Crippen LogP contribution in [0, 0.1) is 6.92 Å². The number of amides is 3. The number of aryl methyl sites for hydroxylation is 1. The Hall–Kier alpha value is -3.85. The van der Waals surface area contributed by atoms with Crippen LogP contribution in [-0.2, 0) is 0 Å². The van der Waals surface area contributed by atoms with E-state index in [2.05, 4.69) is 15.4 Å². The molecule has 1 saturated carbocycles. The number of fused-ring (bicyclic) bond motifs is 2. The zero-order valence-corrected chi connectivity index (χ0v) is 20.0. The summed E-state index contributed by atoms with van der Waals surface area (Å²) < 4.78 is 1.71. The van der Waals surface area contributed by atoms with Gasteiger partial charge in [0, 0.05) is 22.5 Å². The number of carbonyl (C=O) groups is 3. The van der Waals surface area contributed by atoms with Crippen molar-refractivity contribution in [2.24, 2.45) is 0 Å². The van der Waals surface area contributed by atoms with E-state index in [4.69, 9.17) is 0 Å². The first kappa shape index (κ1) is 21.7. The Balaban J connectivity index is 1.24. The van der Waals surface area contributed by atoms with Crippen molar-refractivity contribution in [1.82, 2.24) is 19.5 Å². The molecule has 0 spiro atoms. The van der Waals surface area contributed by atoms with E-state index in [1.807, 2.05) is 36.6 Å². The predicted octanol–water partition coefficient (Wildman–Crippen LogP) is 4.95. The Kier molecular flexibility index (Phi) is 5.21. The standard InChI is InChI=1S/C26H23N5O3S/c1-15-7-9-16(10-8-15)21-14-35-26-28-25(29-31(21)26)27-22(32)17-11-12-19-20(13-17)24(34)30(23(19)33)18-5-3-2-4-6-18/h7-14,18H,2-6H2,1H3,(H,27,29,32). The summed E-state index contributed by atoms with van der Waals surface area (Å²) >= 11 is 1.44. The second kappa shape index (κ2) is 8.42. The van der Waals surface area contributed by atoms with Crippen LogP contribution in [0.3, 0.4) is 0 Å². The zero-order valence-electron chi connectivity index (χ0n) is 19.2. The molecule has 2 aliphatic rings. The molecule has 2 aromatic heterocycles. The number of rotatable bonds is 4. The van der Waals surface area contributed by atoms with Gasteiger partial charge in [0.15, 0.2) is 0 Å². The van der Waals surface area contributed by atoms with Gasteiger partial charge >= 0.3 is 0 Å². The van der Waals surface area contributed by atoms with Crippen molar-refractivity contribution in [1.29, 1.82) is 0 Å². The Labute approximate surface area is 205 Å². The lowest BCUT2D eigenvalue weighted by molar-refractivity contribution is 0.0549. The van der Waals surface area contributed by atoms with E-state index in [1.54, 1.807) is 16.6 Å². The highest BCUT2D eigenvalue weighted by atomic mass is 32.1. The van der Waals surface area contributed by atoms with E-state index in [0.29, 0.717) is 10.5 Å². The van der Waals surface area contributed by atoms with Gasteiger partial charge in [0.1, 0.15) is 0 Å². The van der Waals surface area contributed by atoms with Gasteiger partial charge in [-0.15, -0.1) is 16.4 Å². The lowest BCUT2D eigenvalue weighted by Gasteiger charge is -2.29. The van der Waals surface area contributed by atoms with Crippen molar-refractivity contribution in [2.75, 3.05) is 5.32 Å². The van der Waals surface area contributed by atoms with Crippen LogP contribution < -0.4 is 5.32 Å². The molecule has 3 heterocycles. The van der Waals surface area contributed by atoms with Gasteiger partial charge in [-0.1, -0.05) is 49.1 Å². The maximum Gasteiger partial charge on any atom is 0.261 e. The van der Waals surface area contributed by atoms with Crippen LogP contribution in [0.4, 0.5) is 5.95 Å². The highest BCUT2D eigenvalue weighted by molar-refractivity contribution is 7.15. The minimum Gasteiger partial charge on any atom is -0.289 e. The number of aromatic nitrogens is 3. The predicted molar refractivity (Wildman–Crippen MR) is 133 cm³/mol. The molecule has 0 atom stereocenters. The number of imide groups is 1. The van der Waals surface area contributed by atoms with E-state index >= 15 is 0 Å². The lowest BCUT2D eigenvalue weighted by atomic mass is 9.94. The smallest absolute Gasteiger partial charge is 0.261 e. The number of thiazole rings is 1. The average molecular weight is 486 g/mol. The molecule has 0 unspecified atom stereocenters. The topological polar surface area (TPSA) is 96.7 Å². The number of nitrogens with one attached hydrogen (secondary N) is 1. The van der Waals surface area contributed by atoms with Gasteiger partial charge in [-0.2, -0.15) is 4.98 Å². The molecule has 2 aromatic carbocycles. The van der Waals surface area contributed by atoms with Crippen molar-refractivity contribution in [3.63, 3.8) is 0 Å². The Morgan fingerprint density at radius 2 is 1.74 bits per heavy atom. The van der Waals surface area contributed by atoms with Crippen molar-refractivity contribution in [2.45, 2.75) is 45.1 Å². The second-order valence-corrected chi connectivity index (χ2v) is 9.94. The van der Waals surface area contributed by atoms with Crippen molar-refractivity contribution in [3.8, 4) is 11.3 Å². The molecule has 1 aliphatic heterocycles. The number of carbonyl (C=O) groups excluding carboxylic acids is 3. The van der Waals surface area contributed by atoms with E-state index in [1.165, 1.54) is 27.9 Å². The Morgan fingerprint density at radius 3 is 2.51 bits per heavy atom. The normalized spacial score (nSPS) is 16.2. The van der Waals surface area contributed by atoms with Crippen molar-refractivity contribution >= 4 is 40.0 Å². The Morgan fingerprint density at radius 1 is 1.00 bits per heavy atom. The number of nitrogens with zero attached hydrogens (tertiary/aromatic N) is 4. The van der Waals surface area contributed by atoms with Gasteiger partial charge in [-0.25, -0.2) is 4.52 Å². The molecule has 1 aliphatic carbocycles. The summed E-state index contributed by atoms with van der Waals surface area (Å²) in [6.07, 6.45) is 4.86. The van der Waals surface area contributed by atoms with E-state index in [-0.39, 0.29) is 34.9 Å². The van der Waals surface area contributed by atoms with Crippen LogP contribution in [0.1, 0.15) is 68.7 Å². The lowest BCUT2D eigenvalue weighted by Crippen LogP contribution is -2.40. The summed E-state index contributed by atoms with van der Waals surface area (Å²) in [6.45, 7) is 2.03. The minimum atomic E-state index is -0.431. The molecule has 0 radical (unpaired) electrons. The second-order valence-electron chi connectivity index (χ2n) is 9.10. The molecule has 8 nitrogen and oxygen atoms in total. The van der Waals surface area contributed by atoms with Gasteiger partial charge in [0.25, 0.3) is 23.7 Å². The maximum absolute atomic E-state index is 13.1. The third-order valence-corrected chi connectivity index (χ3v) is 7.59. The van der Waals surface area contributed by atoms with Crippen LogP contribution in [0.5, 0.6) is 0 Å². The summed E-state index contributed by atoms with van der Waals surface area (Å²) in [6, 6.07) is 12.7. The molecular weight excluding hydrogens is 462 g/mol. The van der Waals surface area contributed by atoms with Crippen molar-refractivity contribution in [3.05, 3.63) is 70.1 Å². The molecule has 9 heteroatoms. The molecule has 4 aromatic rings. The van der Waals surface area contributed by atoms with Crippen LogP contribution >= 0.6 is 11.3 Å². The largest absolute Gasteiger partial charge is 0.289 e. The SMILES string of the molecule is Cc1ccc(-c2csc3nc(NC(=O)c4ccc5c(c4)C(=O)N(C4CCCCC4)C5=O)nn23)cc1. The van der Waals surface area contributed by atoms with Gasteiger partial charge < -0.3 is 0 Å². The zero-order chi connectivity index (χ0) is 24.1. The van der Waals surface area contributed by atoms with Crippen LogP contribution in [-0.4, -0.2) is 43.3 Å². The summed E-state index contributed by atoms with van der Waals surface area (Å²) in [4.78, 5) is 45.4. The van der Waals surface area contributed by atoms with Crippen LogP contribution in [0.2, 0.25) is 0 Å². The van der Waals surface area contributed by atoms with Gasteiger partial charge in [0.05, 0.1) is 16.8 Å². The Bertz CT molecular complexity index is 1480. The van der Waals surface area contributed by atoms with Gasteiger partial charge in [-0.05, 0) is 38.0 Å². The first-order chi connectivity index (χ1) is 17.0. The van der Waals surface area contributed by atoms with Crippen molar-refractivity contribution < 1.29 is 14.4 Å². The molecule has 176 valence electrons. The summed E-state index contributed by atoms with van der Waals surface area (Å²) in [5, 5.41) is 9.17. The fourth-order valence-electron chi connectivity index (χ4n) is 4.90. The first-order valence-corrected chi connectivity index (χ1v) is 12.6. The monoisotopic (exact) mass is 485 g/mol. The third-order valence-electron chi connectivity index (χ3n) is 6.77. The fourth-order valence-corrected chi connectivity index (χ4v) is 5.73. The van der Waals surface area contributed by atoms with E-state index < -0.39 is 5.91 Å². The number of benzene rings is 2. The highest BCUT2D eigenvalue weighted by Crippen LogP contribution is 2.32. The highest BCUT2D eigenvalue weighted by Gasteiger charge is 2.40. The molecule has 0 saturated heterocycles.